The predicted molar refractivity (Wildman–Crippen MR) is 113 cm³/mol. The van der Waals surface area contributed by atoms with Gasteiger partial charge in [-0.15, -0.1) is 0 Å². The van der Waals surface area contributed by atoms with E-state index in [-0.39, 0.29) is 5.91 Å². The molecule has 0 atom stereocenters. The quantitative estimate of drug-likeness (QED) is 0.800. The van der Waals surface area contributed by atoms with E-state index >= 15 is 0 Å². The maximum Gasteiger partial charge on any atom is 0.255 e. The molecule has 1 amide bonds. The predicted octanol–water partition coefficient (Wildman–Crippen LogP) is 3.35. The maximum atomic E-state index is 12.6. The Bertz CT molecular complexity index is 894. The lowest BCUT2D eigenvalue weighted by molar-refractivity contribution is 0.0117. The van der Waals surface area contributed by atoms with Crippen molar-refractivity contribution in [2.24, 2.45) is 0 Å². The second kappa shape index (κ2) is 8.48. The van der Waals surface area contributed by atoms with Crippen molar-refractivity contribution in [2.45, 2.75) is 18.4 Å². The number of carbonyl (C=O) groups is 1. The highest BCUT2D eigenvalue weighted by molar-refractivity contribution is 6.33. The lowest BCUT2D eigenvalue weighted by atomic mass is 9.84. The smallest absolute Gasteiger partial charge is 0.255 e. The molecule has 1 aromatic heterocycles. The number of anilines is 1. The fourth-order valence-electron chi connectivity index (χ4n) is 3.93. The lowest BCUT2D eigenvalue weighted by Crippen LogP contribution is -2.43. The molecule has 0 unspecified atom stereocenters. The highest BCUT2D eigenvalue weighted by atomic mass is 35.5. The van der Waals surface area contributed by atoms with Gasteiger partial charge in [0.2, 0.25) is 0 Å². The number of rotatable bonds is 3. The number of carbonyl (C=O) groups excluding carboxylic acids is 1. The topological polar surface area (TPSA) is 65.9 Å². The average Bonchev–Trinajstić information content (AvgIpc) is 2.75. The molecular weight excluding hydrogens is 413 g/mol. The van der Waals surface area contributed by atoms with Crippen LogP contribution in [0.1, 0.15) is 28.8 Å². The monoisotopic (exact) mass is 435 g/mol. The van der Waals surface area contributed by atoms with Gasteiger partial charge in [-0.1, -0.05) is 41.4 Å². The van der Waals surface area contributed by atoms with E-state index in [0.29, 0.717) is 73.7 Å². The van der Waals surface area contributed by atoms with E-state index in [1.54, 1.807) is 23.2 Å². The number of aromatic nitrogens is 1. The summed E-state index contributed by atoms with van der Waals surface area (Å²) in [7, 11) is 0. The van der Waals surface area contributed by atoms with E-state index in [9.17, 15) is 9.90 Å². The fraction of sp³-hybridized carbons (Fsp3) is 0.429. The minimum Gasteiger partial charge on any atom is -0.385 e. The lowest BCUT2D eigenvalue weighted by Gasteiger charge is -2.39. The van der Waals surface area contributed by atoms with Crippen LogP contribution < -0.4 is 4.90 Å². The van der Waals surface area contributed by atoms with Gasteiger partial charge in [-0.05, 0) is 25.0 Å². The van der Waals surface area contributed by atoms with Crippen molar-refractivity contribution in [3.8, 4) is 0 Å². The van der Waals surface area contributed by atoms with Crippen LogP contribution >= 0.6 is 23.2 Å². The van der Waals surface area contributed by atoms with E-state index in [2.05, 4.69) is 4.98 Å². The van der Waals surface area contributed by atoms with Crippen LogP contribution in [0.5, 0.6) is 0 Å². The van der Waals surface area contributed by atoms with E-state index in [1.807, 2.05) is 23.1 Å². The van der Waals surface area contributed by atoms with Crippen molar-refractivity contribution < 1.29 is 14.6 Å². The average molecular weight is 436 g/mol. The normalized spacial score (nSPS) is 19.3. The molecule has 0 bridgehead atoms. The number of halogens is 2. The molecule has 2 aliphatic heterocycles. The fourth-order valence-corrected chi connectivity index (χ4v) is 4.52. The minimum atomic E-state index is -0.965. The Morgan fingerprint density at radius 3 is 2.41 bits per heavy atom. The molecule has 4 rings (SSSR count). The van der Waals surface area contributed by atoms with Crippen LogP contribution in [0.3, 0.4) is 0 Å². The van der Waals surface area contributed by atoms with Crippen molar-refractivity contribution in [3.63, 3.8) is 0 Å². The summed E-state index contributed by atoms with van der Waals surface area (Å²) in [4.78, 5) is 20.9. The zero-order valence-electron chi connectivity index (χ0n) is 16.0. The van der Waals surface area contributed by atoms with E-state index < -0.39 is 5.60 Å². The summed E-state index contributed by atoms with van der Waals surface area (Å²) in [6.45, 7) is 3.42. The van der Waals surface area contributed by atoms with Crippen LogP contribution in [-0.2, 0) is 10.3 Å². The first-order valence-corrected chi connectivity index (χ1v) is 10.5. The third kappa shape index (κ3) is 4.21. The van der Waals surface area contributed by atoms with Crippen LogP contribution in [0, 0.1) is 0 Å². The molecule has 0 aliphatic carbocycles. The first kappa shape index (κ1) is 20.4. The van der Waals surface area contributed by atoms with Gasteiger partial charge < -0.3 is 19.6 Å². The molecule has 6 nitrogen and oxygen atoms in total. The van der Waals surface area contributed by atoms with Crippen LogP contribution in [0.2, 0.25) is 10.0 Å². The Hall–Kier alpha value is -1.86. The minimum absolute atomic E-state index is 0.0824. The molecule has 154 valence electrons. The van der Waals surface area contributed by atoms with Gasteiger partial charge in [-0.25, -0.2) is 4.98 Å². The molecule has 8 heteroatoms. The van der Waals surface area contributed by atoms with Gasteiger partial charge in [0.15, 0.2) is 0 Å². The van der Waals surface area contributed by atoms with Gasteiger partial charge in [-0.3, -0.25) is 4.79 Å². The summed E-state index contributed by atoms with van der Waals surface area (Å²) >= 11 is 12.8. The highest BCUT2D eigenvalue weighted by Crippen LogP contribution is 2.38. The summed E-state index contributed by atoms with van der Waals surface area (Å²) in [6, 6.07) is 9.08. The third-order valence-corrected chi connectivity index (χ3v) is 6.24. The summed E-state index contributed by atoms with van der Waals surface area (Å²) in [5, 5.41) is 12.1. The summed E-state index contributed by atoms with van der Waals surface area (Å²) in [5.41, 5.74) is 0.269. The van der Waals surface area contributed by atoms with Crippen LogP contribution in [0.15, 0.2) is 36.5 Å². The van der Waals surface area contributed by atoms with E-state index in [4.69, 9.17) is 27.9 Å². The molecule has 2 aliphatic rings. The van der Waals surface area contributed by atoms with E-state index in [0.717, 1.165) is 5.56 Å². The molecule has 2 aromatic rings. The maximum absolute atomic E-state index is 12.6. The number of nitrogens with zero attached hydrogens (tertiary/aromatic N) is 3. The van der Waals surface area contributed by atoms with E-state index in [1.165, 1.54) is 0 Å². The number of benzene rings is 1. The molecular formula is C21H23Cl2N3O3. The van der Waals surface area contributed by atoms with Gasteiger partial charge >= 0.3 is 0 Å². The van der Waals surface area contributed by atoms with Gasteiger partial charge in [0.05, 0.1) is 29.4 Å². The second-order valence-corrected chi connectivity index (χ2v) is 8.25. The zero-order valence-corrected chi connectivity index (χ0v) is 17.5. The van der Waals surface area contributed by atoms with Crippen LogP contribution in [0.4, 0.5) is 5.82 Å². The second-order valence-electron chi connectivity index (χ2n) is 7.43. The summed E-state index contributed by atoms with van der Waals surface area (Å²) in [6.07, 6.45) is 2.61. The van der Waals surface area contributed by atoms with Crippen molar-refractivity contribution >= 4 is 34.9 Å². The standard InChI is InChI=1S/C21H23Cl2N3O3/c22-17-4-2-1-3-16(17)21(28)5-7-25(8-6-21)19-18(23)13-15(14-24-19)20(27)26-9-11-29-12-10-26/h1-4,13-14,28H,5-12H2. The molecule has 1 aromatic carbocycles. The third-order valence-electron chi connectivity index (χ3n) is 5.63. The van der Waals surface area contributed by atoms with Crippen molar-refractivity contribution in [3.05, 3.63) is 57.7 Å². The molecule has 2 saturated heterocycles. The number of aliphatic hydroxyl groups is 1. The number of amides is 1. The molecule has 29 heavy (non-hydrogen) atoms. The number of piperidine rings is 1. The van der Waals surface area contributed by atoms with Crippen molar-refractivity contribution in [1.82, 2.24) is 9.88 Å². The van der Waals surface area contributed by atoms with Gasteiger partial charge in [-0.2, -0.15) is 0 Å². The van der Waals surface area contributed by atoms with Crippen molar-refractivity contribution in [2.75, 3.05) is 44.3 Å². The molecule has 2 fully saturated rings. The molecule has 0 saturated carbocycles. The highest BCUT2D eigenvalue weighted by Gasteiger charge is 2.36. The van der Waals surface area contributed by atoms with Crippen molar-refractivity contribution in [1.29, 1.82) is 0 Å². The first-order chi connectivity index (χ1) is 14.0. The molecule has 3 heterocycles. The summed E-state index contributed by atoms with van der Waals surface area (Å²) in [5.74, 6) is 0.549. The van der Waals surface area contributed by atoms with Crippen LogP contribution in [-0.4, -0.2) is 60.3 Å². The molecule has 1 N–H and O–H groups in total. The number of ether oxygens (including phenoxy) is 1. The largest absolute Gasteiger partial charge is 0.385 e. The van der Waals surface area contributed by atoms with Gasteiger partial charge in [0.1, 0.15) is 5.82 Å². The Kier molecular flexibility index (Phi) is 5.97. The zero-order chi connectivity index (χ0) is 20.4. The van der Waals surface area contributed by atoms with Gasteiger partial charge in [0, 0.05) is 43.0 Å². The molecule has 0 spiro atoms. The Balaban J connectivity index is 1.46. The number of hydrogen-bond acceptors (Lipinski definition) is 5. The SMILES string of the molecule is O=C(c1cnc(N2CCC(O)(c3ccccc3Cl)CC2)c(Cl)c1)N1CCOCC1. The number of pyridine rings is 1. The van der Waals surface area contributed by atoms with Gasteiger partial charge in [0.25, 0.3) is 5.91 Å². The Labute approximate surface area is 180 Å². The Morgan fingerprint density at radius 1 is 1.07 bits per heavy atom. The number of hydrogen-bond donors (Lipinski definition) is 1. The first-order valence-electron chi connectivity index (χ1n) is 9.73. The number of morpholine rings is 1. The summed E-state index contributed by atoms with van der Waals surface area (Å²) < 4.78 is 5.29. The van der Waals surface area contributed by atoms with Crippen LogP contribution in [0.25, 0.3) is 0 Å². The molecule has 0 radical (unpaired) electrons. The Morgan fingerprint density at radius 2 is 1.76 bits per heavy atom.